The van der Waals surface area contributed by atoms with Crippen molar-refractivity contribution >= 4 is 6.29 Å². The predicted octanol–water partition coefficient (Wildman–Crippen LogP) is 5.54. The number of aldehydes is 1. The molecule has 1 aromatic carbocycles. The van der Waals surface area contributed by atoms with Crippen LogP contribution in [0.15, 0.2) is 12.1 Å². The zero-order valence-electron chi connectivity index (χ0n) is 14.9. The molecule has 2 saturated carbocycles. The smallest absolute Gasteiger partial charge is 0.127 e. The Morgan fingerprint density at radius 3 is 2.83 bits per heavy atom. The van der Waals surface area contributed by atoms with Crippen LogP contribution in [0.3, 0.4) is 0 Å². The van der Waals surface area contributed by atoms with Crippen molar-refractivity contribution in [3.05, 3.63) is 34.4 Å². The molecular formula is C22H30O. The number of hydrogen-bond acceptors (Lipinski definition) is 1. The molecule has 3 unspecified atom stereocenters. The predicted molar refractivity (Wildman–Crippen MR) is 94.9 cm³/mol. The molecule has 0 radical (unpaired) electrons. The summed E-state index contributed by atoms with van der Waals surface area (Å²) in [6.45, 7) is 6.89. The van der Waals surface area contributed by atoms with Crippen molar-refractivity contribution in [3.8, 4) is 0 Å². The summed E-state index contributed by atoms with van der Waals surface area (Å²) in [6, 6.07) is 4.61. The molecule has 0 amide bonds. The van der Waals surface area contributed by atoms with E-state index in [4.69, 9.17) is 0 Å². The largest absolute Gasteiger partial charge is 0.303 e. The van der Waals surface area contributed by atoms with Crippen LogP contribution in [-0.4, -0.2) is 6.29 Å². The summed E-state index contributed by atoms with van der Waals surface area (Å²) in [5.74, 6) is 2.61. The Morgan fingerprint density at radius 2 is 2.04 bits per heavy atom. The fraction of sp³-hybridized carbons (Fsp3) is 0.682. The van der Waals surface area contributed by atoms with Crippen LogP contribution in [0.2, 0.25) is 0 Å². The average Bonchev–Trinajstić information content (AvgIpc) is 2.95. The lowest BCUT2D eigenvalue weighted by Gasteiger charge is -2.52. The molecule has 1 heteroatoms. The third-order valence-corrected chi connectivity index (χ3v) is 7.80. The molecule has 1 aromatic rings. The maximum Gasteiger partial charge on any atom is 0.127 e. The van der Waals surface area contributed by atoms with Crippen LogP contribution in [-0.2, 0) is 11.2 Å². The van der Waals surface area contributed by atoms with Gasteiger partial charge in [-0.1, -0.05) is 38.8 Å². The van der Waals surface area contributed by atoms with E-state index in [1.54, 1.807) is 11.1 Å². The standard InChI is InChI=1S/C22H30O/c1-14(13-23)17-9-10-18-19-8-7-16-6-4-5-11-22(16,3)21(19)12-20(18)15(17)2/h9-10,13-14,16,19,21H,4-8,11-12H2,1-3H3/t14-,16?,19?,21?,22+/m1/s1. The van der Waals surface area contributed by atoms with Gasteiger partial charge in [-0.2, -0.15) is 0 Å². The first-order valence-corrected chi connectivity index (χ1v) is 9.64. The van der Waals surface area contributed by atoms with Gasteiger partial charge in [0.25, 0.3) is 0 Å². The summed E-state index contributed by atoms with van der Waals surface area (Å²) in [5, 5.41) is 0. The lowest BCUT2D eigenvalue weighted by Crippen LogP contribution is -2.43. The summed E-state index contributed by atoms with van der Waals surface area (Å²) >= 11 is 0. The highest BCUT2D eigenvalue weighted by molar-refractivity contribution is 5.64. The Bertz CT molecular complexity index is 631. The number of hydrogen-bond donors (Lipinski definition) is 0. The Hall–Kier alpha value is -1.11. The number of carbonyl (C=O) groups is 1. The van der Waals surface area contributed by atoms with E-state index in [9.17, 15) is 4.79 Å². The van der Waals surface area contributed by atoms with Crippen molar-refractivity contribution in [2.75, 3.05) is 0 Å². The SMILES string of the molecule is Cc1c([C@H](C)C=O)ccc2c1CC1C2CCC2CCCC[C@@]21C. The molecule has 23 heavy (non-hydrogen) atoms. The van der Waals surface area contributed by atoms with E-state index < -0.39 is 0 Å². The first-order chi connectivity index (χ1) is 11.1. The summed E-state index contributed by atoms with van der Waals surface area (Å²) in [4.78, 5) is 11.2. The molecule has 2 fully saturated rings. The van der Waals surface area contributed by atoms with Gasteiger partial charge < -0.3 is 4.79 Å². The molecule has 3 aliphatic rings. The van der Waals surface area contributed by atoms with Gasteiger partial charge >= 0.3 is 0 Å². The van der Waals surface area contributed by atoms with Gasteiger partial charge in [0, 0.05) is 5.92 Å². The average molecular weight is 310 g/mol. The van der Waals surface area contributed by atoms with Gasteiger partial charge in [-0.25, -0.2) is 0 Å². The second-order valence-electron chi connectivity index (χ2n) is 8.72. The molecule has 0 N–H and O–H groups in total. The van der Waals surface area contributed by atoms with Crippen LogP contribution in [0.5, 0.6) is 0 Å². The second-order valence-corrected chi connectivity index (χ2v) is 8.72. The zero-order chi connectivity index (χ0) is 16.2. The highest BCUT2D eigenvalue weighted by atomic mass is 16.1. The van der Waals surface area contributed by atoms with E-state index in [1.165, 1.54) is 56.1 Å². The number of rotatable bonds is 2. The van der Waals surface area contributed by atoms with Crippen LogP contribution in [0.4, 0.5) is 0 Å². The fourth-order valence-electron chi connectivity index (χ4n) is 6.38. The minimum atomic E-state index is 0.0287. The molecule has 3 aliphatic carbocycles. The minimum Gasteiger partial charge on any atom is -0.303 e. The second kappa shape index (κ2) is 5.46. The summed E-state index contributed by atoms with van der Waals surface area (Å²) in [7, 11) is 0. The summed E-state index contributed by atoms with van der Waals surface area (Å²) < 4.78 is 0. The zero-order valence-corrected chi connectivity index (χ0v) is 14.9. The first kappa shape index (κ1) is 15.4. The fourth-order valence-corrected chi connectivity index (χ4v) is 6.38. The third kappa shape index (κ3) is 2.15. The Kier molecular flexibility index (Phi) is 3.66. The molecule has 0 heterocycles. The van der Waals surface area contributed by atoms with Crippen molar-refractivity contribution in [1.82, 2.24) is 0 Å². The summed E-state index contributed by atoms with van der Waals surface area (Å²) in [5.41, 5.74) is 6.44. The van der Waals surface area contributed by atoms with Crippen molar-refractivity contribution < 1.29 is 4.79 Å². The van der Waals surface area contributed by atoms with Crippen LogP contribution in [0, 0.1) is 24.2 Å². The van der Waals surface area contributed by atoms with E-state index in [-0.39, 0.29) is 5.92 Å². The van der Waals surface area contributed by atoms with Gasteiger partial charge in [0.15, 0.2) is 0 Å². The van der Waals surface area contributed by atoms with Gasteiger partial charge in [-0.05, 0) is 84.5 Å². The maximum absolute atomic E-state index is 11.2. The number of carbonyl (C=O) groups excluding carboxylic acids is 1. The molecule has 0 aromatic heterocycles. The normalized spacial score (nSPS) is 36.7. The topological polar surface area (TPSA) is 17.1 Å². The molecule has 124 valence electrons. The van der Waals surface area contributed by atoms with Gasteiger partial charge in [0.05, 0.1) is 0 Å². The van der Waals surface area contributed by atoms with Gasteiger partial charge in [-0.15, -0.1) is 0 Å². The van der Waals surface area contributed by atoms with Gasteiger partial charge in [0.1, 0.15) is 6.29 Å². The summed E-state index contributed by atoms with van der Waals surface area (Å²) in [6.07, 6.45) is 10.9. The Labute approximate surface area is 140 Å². The van der Waals surface area contributed by atoms with Crippen molar-refractivity contribution in [3.63, 3.8) is 0 Å². The Balaban J connectivity index is 1.74. The molecular weight excluding hydrogens is 280 g/mol. The molecule has 0 saturated heterocycles. The van der Waals surface area contributed by atoms with Crippen LogP contribution in [0.1, 0.15) is 86.5 Å². The van der Waals surface area contributed by atoms with E-state index >= 15 is 0 Å². The highest BCUT2D eigenvalue weighted by Crippen LogP contribution is 2.62. The van der Waals surface area contributed by atoms with E-state index in [0.717, 1.165) is 24.0 Å². The number of benzene rings is 1. The van der Waals surface area contributed by atoms with E-state index in [0.29, 0.717) is 5.41 Å². The van der Waals surface area contributed by atoms with Crippen molar-refractivity contribution in [2.24, 2.45) is 17.3 Å². The lowest BCUT2D eigenvalue weighted by molar-refractivity contribution is -0.108. The first-order valence-electron chi connectivity index (χ1n) is 9.64. The lowest BCUT2D eigenvalue weighted by atomic mass is 9.53. The molecule has 4 rings (SSSR count). The van der Waals surface area contributed by atoms with Crippen LogP contribution < -0.4 is 0 Å². The molecule has 5 atom stereocenters. The molecule has 0 aliphatic heterocycles. The van der Waals surface area contributed by atoms with E-state index in [1.807, 2.05) is 6.92 Å². The quantitative estimate of drug-likeness (QED) is 0.655. The third-order valence-electron chi connectivity index (χ3n) is 7.80. The molecule has 0 spiro atoms. The maximum atomic E-state index is 11.2. The monoisotopic (exact) mass is 310 g/mol. The van der Waals surface area contributed by atoms with Crippen LogP contribution >= 0.6 is 0 Å². The van der Waals surface area contributed by atoms with E-state index in [2.05, 4.69) is 26.0 Å². The molecule has 0 bridgehead atoms. The Morgan fingerprint density at radius 1 is 1.22 bits per heavy atom. The molecule has 1 nitrogen and oxygen atoms in total. The highest BCUT2D eigenvalue weighted by Gasteiger charge is 2.52. The van der Waals surface area contributed by atoms with Crippen molar-refractivity contribution in [2.45, 2.75) is 77.6 Å². The minimum absolute atomic E-state index is 0.0287. The van der Waals surface area contributed by atoms with Crippen LogP contribution in [0.25, 0.3) is 0 Å². The van der Waals surface area contributed by atoms with Gasteiger partial charge in [-0.3, -0.25) is 0 Å². The van der Waals surface area contributed by atoms with Crippen molar-refractivity contribution in [1.29, 1.82) is 0 Å². The van der Waals surface area contributed by atoms with Gasteiger partial charge in [0.2, 0.25) is 0 Å². The number of fused-ring (bicyclic) bond motifs is 5.